The zero-order valence-electron chi connectivity index (χ0n) is 17.0. The first kappa shape index (κ1) is 20.4. The minimum Gasteiger partial charge on any atom is -0.369 e. The van der Waals surface area contributed by atoms with E-state index in [4.69, 9.17) is 5.73 Å². The topological polar surface area (TPSA) is 96.1 Å². The third kappa shape index (κ3) is 3.56. The Morgan fingerprint density at radius 2 is 1.93 bits per heavy atom. The number of anilines is 1. The van der Waals surface area contributed by atoms with Crippen LogP contribution in [0.15, 0.2) is 58.4 Å². The van der Waals surface area contributed by atoms with Gasteiger partial charge >= 0.3 is 0 Å². The highest BCUT2D eigenvalue weighted by atomic mass is 32.2. The van der Waals surface area contributed by atoms with Crippen molar-refractivity contribution in [3.63, 3.8) is 0 Å². The zero-order valence-corrected chi connectivity index (χ0v) is 17.8. The van der Waals surface area contributed by atoms with Crippen LogP contribution < -0.4 is 10.6 Å². The van der Waals surface area contributed by atoms with Gasteiger partial charge in [-0.1, -0.05) is 43.3 Å². The zero-order chi connectivity index (χ0) is 21.3. The lowest BCUT2D eigenvalue weighted by Gasteiger charge is -2.31. The van der Waals surface area contributed by atoms with Gasteiger partial charge in [-0.15, -0.1) is 0 Å². The van der Waals surface area contributed by atoms with Crippen molar-refractivity contribution in [3.8, 4) is 0 Å². The molecule has 2 aliphatic heterocycles. The number of nitrogens with zero attached hydrogens (tertiary/aromatic N) is 3. The van der Waals surface area contributed by atoms with E-state index in [1.54, 1.807) is 17.0 Å². The predicted octanol–water partition coefficient (Wildman–Crippen LogP) is 2.83. The number of benzene rings is 2. The summed E-state index contributed by atoms with van der Waals surface area (Å²) in [7, 11) is -3.89. The summed E-state index contributed by atoms with van der Waals surface area (Å²) in [4.78, 5) is 18.9. The average Bonchev–Trinajstić information content (AvgIpc) is 3.16. The van der Waals surface area contributed by atoms with Crippen LogP contribution in [0.5, 0.6) is 0 Å². The molecule has 4 rings (SSSR count). The smallest absolute Gasteiger partial charge is 0.267 e. The van der Waals surface area contributed by atoms with Crippen LogP contribution >= 0.6 is 0 Å². The van der Waals surface area contributed by atoms with Crippen LogP contribution in [-0.4, -0.2) is 37.7 Å². The van der Waals surface area contributed by atoms with E-state index in [1.165, 1.54) is 4.31 Å². The van der Waals surface area contributed by atoms with Gasteiger partial charge in [-0.05, 0) is 42.5 Å². The highest BCUT2D eigenvalue weighted by Gasteiger charge is 2.37. The van der Waals surface area contributed by atoms with Gasteiger partial charge in [0.05, 0.1) is 17.5 Å². The van der Waals surface area contributed by atoms with E-state index < -0.39 is 10.0 Å². The van der Waals surface area contributed by atoms with Crippen LogP contribution in [-0.2, 0) is 21.2 Å². The van der Waals surface area contributed by atoms with Crippen LogP contribution in [0, 0.1) is 0 Å². The first-order valence-corrected chi connectivity index (χ1v) is 11.7. The molecule has 0 saturated heterocycles. The molecule has 0 radical (unpaired) electrons. The van der Waals surface area contributed by atoms with E-state index >= 15 is 0 Å². The number of sulfonamides is 1. The fraction of sp³-hybridized carbons (Fsp3) is 0.364. The average molecular weight is 427 g/mol. The summed E-state index contributed by atoms with van der Waals surface area (Å²) in [6.45, 7) is 2.74. The quantitative estimate of drug-likeness (QED) is 0.795. The molecule has 1 atom stereocenters. The molecule has 2 heterocycles. The Bertz CT molecular complexity index is 1080. The molecule has 0 fully saturated rings. The molecule has 158 valence electrons. The monoisotopic (exact) mass is 426 g/mol. The van der Waals surface area contributed by atoms with Crippen molar-refractivity contribution in [1.82, 2.24) is 4.31 Å². The molecule has 2 aliphatic rings. The molecule has 1 amide bonds. The van der Waals surface area contributed by atoms with E-state index in [1.807, 2.05) is 43.3 Å². The summed E-state index contributed by atoms with van der Waals surface area (Å²) in [5, 5.41) is 0. The number of carbonyl (C=O) groups is 1. The van der Waals surface area contributed by atoms with E-state index in [2.05, 4.69) is 4.99 Å². The first-order chi connectivity index (χ1) is 14.4. The van der Waals surface area contributed by atoms with Gasteiger partial charge in [0.2, 0.25) is 11.9 Å². The predicted molar refractivity (Wildman–Crippen MR) is 117 cm³/mol. The molecule has 2 aromatic carbocycles. The summed E-state index contributed by atoms with van der Waals surface area (Å²) < 4.78 is 28.3. The number of hydrogen-bond donors (Lipinski definition) is 1. The second-order valence-electron chi connectivity index (χ2n) is 7.60. The van der Waals surface area contributed by atoms with Crippen molar-refractivity contribution in [2.24, 2.45) is 10.7 Å². The second-order valence-corrected chi connectivity index (χ2v) is 9.43. The largest absolute Gasteiger partial charge is 0.369 e. The Morgan fingerprint density at radius 1 is 1.17 bits per heavy atom. The van der Waals surface area contributed by atoms with E-state index in [9.17, 15) is 13.2 Å². The minimum absolute atomic E-state index is 0.00354. The number of carbonyl (C=O) groups excluding carboxylic acids is 1. The van der Waals surface area contributed by atoms with E-state index in [0.29, 0.717) is 30.6 Å². The highest BCUT2D eigenvalue weighted by molar-refractivity contribution is 7.89. The summed E-state index contributed by atoms with van der Waals surface area (Å²) in [5.74, 6) is 0.0237. The third-order valence-electron chi connectivity index (χ3n) is 5.61. The van der Waals surface area contributed by atoms with E-state index in [-0.39, 0.29) is 29.3 Å². The molecule has 0 bridgehead atoms. The fourth-order valence-electron chi connectivity index (χ4n) is 4.15. The standard InChI is InChI=1S/C22H26N4O3S/c1-2-8-21(27)25-14-7-11-17-19(25)12-6-13-20(17)30(28,29)26-15-18(24-22(26)23)16-9-4-3-5-10-16/h3-6,9-10,12-13,18H,2,7-8,11,14-15H2,1H3,(H2,23,24)/t18-/m1/s1. The maximum absolute atomic E-state index is 13.6. The Kier molecular flexibility index (Phi) is 5.51. The molecule has 0 aromatic heterocycles. The van der Waals surface area contributed by atoms with Crippen LogP contribution in [0.4, 0.5) is 5.69 Å². The number of aliphatic imine (C=N–C) groups is 1. The van der Waals surface area contributed by atoms with Gasteiger partial charge in [-0.3, -0.25) is 4.79 Å². The van der Waals surface area contributed by atoms with Crippen molar-refractivity contribution in [3.05, 3.63) is 59.7 Å². The maximum atomic E-state index is 13.6. The minimum atomic E-state index is -3.89. The van der Waals surface area contributed by atoms with Crippen molar-refractivity contribution < 1.29 is 13.2 Å². The number of nitrogens with two attached hydrogens (primary N) is 1. The third-order valence-corrected chi connectivity index (χ3v) is 7.46. The lowest BCUT2D eigenvalue weighted by atomic mass is 10.0. The maximum Gasteiger partial charge on any atom is 0.267 e. The molecule has 0 aliphatic carbocycles. The molecule has 0 saturated carbocycles. The normalized spacial score (nSPS) is 18.8. The lowest BCUT2D eigenvalue weighted by molar-refractivity contribution is -0.118. The highest BCUT2D eigenvalue weighted by Crippen LogP contribution is 2.36. The molecule has 30 heavy (non-hydrogen) atoms. The van der Waals surface area contributed by atoms with Gasteiger partial charge in [-0.25, -0.2) is 17.7 Å². The summed E-state index contributed by atoms with van der Waals surface area (Å²) in [5.41, 5.74) is 8.35. The van der Waals surface area contributed by atoms with Crippen molar-refractivity contribution in [2.45, 2.75) is 43.5 Å². The Morgan fingerprint density at radius 3 is 2.67 bits per heavy atom. The van der Waals surface area contributed by atoms with Gasteiger partial charge in [0.1, 0.15) is 0 Å². The first-order valence-electron chi connectivity index (χ1n) is 10.3. The molecule has 2 aromatic rings. The van der Waals surface area contributed by atoms with Gasteiger partial charge in [0, 0.05) is 18.7 Å². The Labute approximate surface area is 177 Å². The van der Waals surface area contributed by atoms with Crippen LogP contribution in [0.3, 0.4) is 0 Å². The molecule has 7 nitrogen and oxygen atoms in total. The number of hydrogen-bond acceptors (Lipinski definition) is 5. The number of amides is 1. The number of fused-ring (bicyclic) bond motifs is 1. The summed E-state index contributed by atoms with van der Waals surface area (Å²) in [6.07, 6.45) is 2.53. The van der Waals surface area contributed by atoms with Gasteiger partial charge in [0.25, 0.3) is 10.0 Å². The molecule has 0 spiro atoms. The van der Waals surface area contributed by atoms with Crippen molar-refractivity contribution in [1.29, 1.82) is 0 Å². The number of guanidine groups is 1. The molecular weight excluding hydrogens is 400 g/mol. The second kappa shape index (κ2) is 8.10. The van der Waals surface area contributed by atoms with Crippen molar-refractivity contribution in [2.75, 3.05) is 18.0 Å². The summed E-state index contributed by atoms with van der Waals surface area (Å²) in [6, 6.07) is 14.3. The molecular formula is C22H26N4O3S. The Balaban J connectivity index is 1.68. The summed E-state index contributed by atoms with van der Waals surface area (Å²) >= 11 is 0. The van der Waals surface area contributed by atoms with Gasteiger partial charge < -0.3 is 10.6 Å². The molecule has 2 N–H and O–H groups in total. The van der Waals surface area contributed by atoms with Crippen LogP contribution in [0.25, 0.3) is 0 Å². The van der Waals surface area contributed by atoms with Gasteiger partial charge in [0.15, 0.2) is 0 Å². The fourth-order valence-corrected chi connectivity index (χ4v) is 5.79. The van der Waals surface area contributed by atoms with Gasteiger partial charge in [-0.2, -0.15) is 0 Å². The van der Waals surface area contributed by atoms with Crippen molar-refractivity contribution >= 4 is 27.6 Å². The Hall–Kier alpha value is -2.87. The van der Waals surface area contributed by atoms with Crippen LogP contribution in [0.2, 0.25) is 0 Å². The van der Waals surface area contributed by atoms with E-state index in [0.717, 1.165) is 18.4 Å². The SMILES string of the molecule is CCCC(=O)N1CCCc2c1cccc2S(=O)(=O)N1C[C@H](c2ccccc2)N=C1N. The molecule has 8 heteroatoms. The molecule has 0 unspecified atom stereocenters. The van der Waals surface area contributed by atoms with Crippen LogP contribution in [0.1, 0.15) is 43.4 Å². The lowest BCUT2D eigenvalue weighted by Crippen LogP contribution is -2.40. The number of rotatable bonds is 5.